The van der Waals surface area contributed by atoms with E-state index >= 15 is 0 Å². The molecule has 0 aromatic carbocycles. The summed E-state index contributed by atoms with van der Waals surface area (Å²) in [5.74, 6) is 0.290. The third-order valence-electron chi connectivity index (χ3n) is 7.23. The first-order chi connectivity index (χ1) is 17.6. The van der Waals surface area contributed by atoms with E-state index in [1.54, 1.807) is 6.07 Å². The SMILES string of the molecule is C[C@@H]1CN(c2cc(S(=O)(=O)NC3CC3)cn3c(-c4nnc(C(F)F)s4)nnc23)CCN1C(=O)C1(C)CC1. The topological polar surface area (TPSA) is 126 Å². The number of nitrogens with one attached hydrogen (secondary N) is 1. The number of nitrogens with zero attached hydrogens (tertiary/aromatic N) is 7. The number of aromatic nitrogens is 5. The molecule has 0 spiro atoms. The van der Waals surface area contributed by atoms with Gasteiger partial charge in [-0.15, -0.1) is 20.4 Å². The lowest BCUT2D eigenvalue weighted by atomic mass is 10.1. The number of anilines is 1. The van der Waals surface area contributed by atoms with Crippen LogP contribution in [0.4, 0.5) is 14.5 Å². The van der Waals surface area contributed by atoms with Gasteiger partial charge in [0.25, 0.3) is 6.43 Å². The normalized spacial score (nSPS) is 21.7. The Bertz CT molecular complexity index is 1480. The molecule has 1 aliphatic heterocycles. The summed E-state index contributed by atoms with van der Waals surface area (Å²) in [5, 5.41) is 15.5. The van der Waals surface area contributed by atoms with Crippen LogP contribution in [0, 0.1) is 5.41 Å². The number of alkyl halides is 2. The highest BCUT2D eigenvalue weighted by atomic mass is 32.2. The van der Waals surface area contributed by atoms with E-state index in [-0.39, 0.29) is 39.1 Å². The Balaban J connectivity index is 1.40. The average molecular weight is 553 g/mol. The number of hydrogen-bond acceptors (Lipinski definition) is 9. The number of carbonyl (C=O) groups excluding carboxylic acids is 1. The number of piperazine rings is 1. The van der Waals surface area contributed by atoms with Crippen molar-refractivity contribution >= 4 is 38.6 Å². The molecule has 3 fully saturated rings. The van der Waals surface area contributed by atoms with Gasteiger partial charge in [0.05, 0.1) is 5.69 Å². The fourth-order valence-electron chi connectivity index (χ4n) is 4.61. The number of halogens is 2. The Morgan fingerprint density at radius 2 is 1.95 bits per heavy atom. The Hall–Kier alpha value is -2.78. The second-order valence-corrected chi connectivity index (χ2v) is 13.0. The summed E-state index contributed by atoms with van der Waals surface area (Å²) in [4.78, 5) is 16.9. The maximum absolute atomic E-state index is 13.2. The molecule has 15 heteroatoms. The van der Waals surface area contributed by atoms with E-state index in [9.17, 15) is 22.0 Å². The summed E-state index contributed by atoms with van der Waals surface area (Å²) < 4.78 is 56.8. The quantitative estimate of drug-likeness (QED) is 0.474. The number of rotatable bonds is 7. The monoisotopic (exact) mass is 552 g/mol. The predicted octanol–water partition coefficient (Wildman–Crippen LogP) is 2.46. The van der Waals surface area contributed by atoms with E-state index in [4.69, 9.17) is 0 Å². The standard InChI is InChI=1S/C22H26F2N8O3S2/c1-12-10-30(7-8-31(12)21(33)22(2)5-6-22)15-9-14(37(34,35)29-13-3-4-13)11-32-17(15)25-26-18(32)20-28-27-19(36-20)16(23)24/h9,11-13,16,29H,3-8,10H2,1-2H3/t12-/m1/s1. The van der Waals surface area contributed by atoms with Gasteiger partial charge in [-0.05, 0) is 38.7 Å². The fourth-order valence-corrected chi connectivity index (χ4v) is 6.61. The van der Waals surface area contributed by atoms with Crippen LogP contribution in [-0.2, 0) is 14.8 Å². The Morgan fingerprint density at radius 1 is 1.19 bits per heavy atom. The highest BCUT2D eigenvalue weighted by Crippen LogP contribution is 2.47. The molecule has 1 N–H and O–H groups in total. The van der Waals surface area contributed by atoms with Gasteiger partial charge < -0.3 is 9.80 Å². The number of amides is 1. The van der Waals surface area contributed by atoms with Crippen molar-refractivity contribution in [2.45, 2.75) is 62.9 Å². The number of fused-ring (bicyclic) bond motifs is 1. The van der Waals surface area contributed by atoms with Crippen LogP contribution < -0.4 is 9.62 Å². The Labute approximate surface area is 215 Å². The first-order valence-corrected chi connectivity index (χ1v) is 14.4. The van der Waals surface area contributed by atoms with Gasteiger partial charge in [-0.2, -0.15) is 0 Å². The van der Waals surface area contributed by atoms with Crippen molar-refractivity contribution in [1.82, 2.24) is 34.4 Å². The van der Waals surface area contributed by atoms with Crippen LogP contribution in [0.3, 0.4) is 0 Å². The first kappa shape index (κ1) is 24.6. The number of carbonyl (C=O) groups is 1. The number of pyridine rings is 1. The van der Waals surface area contributed by atoms with Gasteiger partial charge in [-0.25, -0.2) is 21.9 Å². The van der Waals surface area contributed by atoms with Crippen LogP contribution in [0.15, 0.2) is 17.2 Å². The van der Waals surface area contributed by atoms with Crippen molar-refractivity contribution in [1.29, 1.82) is 0 Å². The Kier molecular flexibility index (Phi) is 5.73. The molecule has 6 rings (SSSR count). The maximum Gasteiger partial charge on any atom is 0.291 e. The summed E-state index contributed by atoms with van der Waals surface area (Å²) in [6.07, 6.45) is 1.96. The molecule has 3 aromatic heterocycles. The van der Waals surface area contributed by atoms with E-state index in [0.717, 1.165) is 25.7 Å². The summed E-state index contributed by atoms with van der Waals surface area (Å²) in [6, 6.07) is 1.37. The minimum atomic E-state index is -3.85. The third kappa shape index (κ3) is 4.46. The molecule has 2 aliphatic carbocycles. The fraction of sp³-hybridized carbons (Fsp3) is 0.591. The van der Waals surface area contributed by atoms with Gasteiger partial charge >= 0.3 is 0 Å². The molecule has 3 aliphatic rings. The lowest BCUT2D eigenvalue weighted by Gasteiger charge is -2.42. The molecule has 3 aromatic rings. The smallest absolute Gasteiger partial charge is 0.291 e. The molecule has 1 amide bonds. The van der Waals surface area contributed by atoms with Gasteiger partial charge in [0.15, 0.2) is 21.5 Å². The van der Waals surface area contributed by atoms with Crippen LogP contribution in [0.2, 0.25) is 0 Å². The second-order valence-electron chi connectivity index (χ2n) is 10.3. The zero-order chi connectivity index (χ0) is 26.1. The van der Waals surface area contributed by atoms with Gasteiger partial charge in [-0.1, -0.05) is 18.3 Å². The maximum atomic E-state index is 13.2. The summed E-state index contributed by atoms with van der Waals surface area (Å²) in [7, 11) is -3.85. The van der Waals surface area contributed by atoms with Crippen molar-refractivity contribution in [2.24, 2.45) is 5.41 Å². The lowest BCUT2D eigenvalue weighted by molar-refractivity contribution is -0.138. The number of hydrogen-bond donors (Lipinski definition) is 1. The van der Waals surface area contributed by atoms with Crippen LogP contribution in [0.5, 0.6) is 0 Å². The summed E-state index contributed by atoms with van der Waals surface area (Å²) in [5.41, 5.74) is 0.635. The minimum absolute atomic E-state index is 0.0122. The highest BCUT2D eigenvalue weighted by Gasteiger charge is 2.48. The minimum Gasteiger partial charge on any atom is -0.365 e. The highest BCUT2D eigenvalue weighted by molar-refractivity contribution is 7.89. The second kappa shape index (κ2) is 8.63. The molecule has 4 heterocycles. The van der Waals surface area contributed by atoms with Crippen LogP contribution >= 0.6 is 11.3 Å². The van der Waals surface area contributed by atoms with Crippen LogP contribution in [0.1, 0.15) is 51.0 Å². The number of sulfonamides is 1. The molecule has 198 valence electrons. The van der Waals surface area contributed by atoms with Gasteiger partial charge in [0.2, 0.25) is 15.9 Å². The summed E-state index contributed by atoms with van der Waals surface area (Å²) in [6.45, 7) is 5.42. The molecular weight excluding hydrogens is 526 g/mol. The van der Waals surface area contributed by atoms with E-state index in [2.05, 4.69) is 25.1 Å². The van der Waals surface area contributed by atoms with Crippen molar-refractivity contribution in [3.8, 4) is 10.8 Å². The van der Waals surface area contributed by atoms with Crippen LogP contribution in [0.25, 0.3) is 16.5 Å². The average Bonchev–Trinajstić information content (AvgIpc) is 3.71. The van der Waals surface area contributed by atoms with Crippen molar-refractivity contribution in [2.75, 3.05) is 24.5 Å². The largest absolute Gasteiger partial charge is 0.365 e. The molecular formula is C22H26F2N8O3S2. The van der Waals surface area contributed by atoms with Crippen molar-refractivity contribution in [3.05, 3.63) is 17.3 Å². The molecule has 0 radical (unpaired) electrons. The zero-order valence-corrected chi connectivity index (χ0v) is 21.9. The third-order valence-corrected chi connectivity index (χ3v) is 9.65. The molecule has 11 nitrogen and oxygen atoms in total. The van der Waals surface area contributed by atoms with Crippen LogP contribution in [-0.4, -0.2) is 75.7 Å². The summed E-state index contributed by atoms with van der Waals surface area (Å²) >= 11 is 0.683. The predicted molar refractivity (Wildman–Crippen MR) is 131 cm³/mol. The van der Waals surface area contributed by atoms with E-state index in [1.807, 2.05) is 23.6 Å². The molecule has 2 saturated carbocycles. The van der Waals surface area contributed by atoms with Gasteiger partial charge in [0, 0.05) is 43.3 Å². The van der Waals surface area contributed by atoms with E-state index < -0.39 is 21.5 Å². The molecule has 0 unspecified atom stereocenters. The van der Waals surface area contributed by atoms with E-state index in [0.29, 0.717) is 42.3 Å². The molecule has 1 saturated heterocycles. The van der Waals surface area contributed by atoms with Crippen molar-refractivity contribution in [3.63, 3.8) is 0 Å². The molecule has 1 atom stereocenters. The molecule has 37 heavy (non-hydrogen) atoms. The molecule has 0 bridgehead atoms. The van der Waals surface area contributed by atoms with E-state index in [1.165, 1.54) is 10.6 Å². The lowest BCUT2D eigenvalue weighted by Crippen LogP contribution is -2.55. The first-order valence-electron chi connectivity index (χ1n) is 12.1. The van der Waals surface area contributed by atoms with Gasteiger partial charge in [-0.3, -0.25) is 9.20 Å². The van der Waals surface area contributed by atoms with Crippen molar-refractivity contribution < 1.29 is 22.0 Å². The Morgan fingerprint density at radius 3 is 2.57 bits per heavy atom. The zero-order valence-electron chi connectivity index (χ0n) is 20.3. The van der Waals surface area contributed by atoms with Gasteiger partial charge in [0.1, 0.15) is 4.90 Å².